The van der Waals surface area contributed by atoms with Crippen molar-refractivity contribution in [3.8, 4) is 11.1 Å². The molecule has 2 N–H and O–H groups in total. The Hall–Kier alpha value is -2.92. The number of carbonyl (C=O) groups excluding carboxylic acids is 1. The number of hydrogen-bond acceptors (Lipinski definition) is 3. The van der Waals surface area contributed by atoms with E-state index in [1.807, 2.05) is 30.3 Å². The van der Waals surface area contributed by atoms with Crippen LogP contribution >= 0.6 is 0 Å². The van der Waals surface area contributed by atoms with Crippen LogP contribution in [-0.4, -0.2) is 39.1 Å². The zero-order chi connectivity index (χ0) is 19.6. The Morgan fingerprint density at radius 3 is 2.57 bits per heavy atom. The molecule has 5 heteroatoms. The highest BCUT2D eigenvalue weighted by Crippen LogP contribution is 2.54. The van der Waals surface area contributed by atoms with Gasteiger partial charge in [-0.1, -0.05) is 42.5 Å². The molecule has 2 aromatic carbocycles. The molecule has 2 aromatic rings. The van der Waals surface area contributed by atoms with Crippen LogP contribution in [0.15, 0.2) is 54.2 Å². The fourth-order valence-electron chi connectivity index (χ4n) is 5.22. The second-order valence-corrected chi connectivity index (χ2v) is 7.92. The smallest absolute Gasteiger partial charge is 0.352 e. The largest absolute Gasteiger partial charge is 0.477 e. The number of amides is 1. The lowest BCUT2D eigenvalue weighted by molar-refractivity contribution is -0.163. The molecule has 2 heterocycles. The molecule has 0 aromatic heterocycles. The van der Waals surface area contributed by atoms with E-state index in [9.17, 15) is 19.8 Å². The Morgan fingerprint density at radius 1 is 1.14 bits per heavy atom. The normalized spacial score (nSPS) is 26.3. The maximum atomic E-state index is 12.6. The minimum Gasteiger partial charge on any atom is -0.477 e. The molecule has 28 heavy (non-hydrogen) atoms. The lowest BCUT2D eigenvalue weighted by Crippen LogP contribution is -2.64. The number of benzene rings is 2. The highest BCUT2D eigenvalue weighted by atomic mass is 16.4. The predicted molar refractivity (Wildman–Crippen MR) is 104 cm³/mol. The zero-order valence-corrected chi connectivity index (χ0v) is 15.5. The van der Waals surface area contributed by atoms with Crippen LogP contribution in [0.3, 0.4) is 0 Å². The molecule has 142 valence electrons. The van der Waals surface area contributed by atoms with Crippen LogP contribution in [0.1, 0.15) is 24.5 Å². The van der Waals surface area contributed by atoms with Gasteiger partial charge in [0.1, 0.15) is 5.70 Å². The quantitative estimate of drug-likeness (QED) is 0.809. The minimum atomic E-state index is -1.07. The molecule has 5 rings (SSSR count). The molecule has 1 saturated heterocycles. The summed E-state index contributed by atoms with van der Waals surface area (Å²) in [5, 5.41) is 20.0. The standard InChI is InChI=1S/C23H21NO4/c1-12(25)18-20-16-10-9-14-7-8-15(13-5-3-2-4-6-13)11-17(14)19(16)21(23(27)28)24(20)22(18)26/h2-8,11-12,16,18,20,25H,9-10H2,1H3,(H,27,28)/t12-,16+,18-,20-/m1/s1. The van der Waals surface area contributed by atoms with Gasteiger partial charge in [-0.3, -0.25) is 4.79 Å². The molecule has 2 aliphatic heterocycles. The first-order valence-electron chi connectivity index (χ1n) is 9.66. The van der Waals surface area contributed by atoms with E-state index < -0.39 is 18.0 Å². The summed E-state index contributed by atoms with van der Waals surface area (Å²) >= 11 is 0. The summed E-state index contributed by atoms with van der Waals surface area (Å²) in [4.78, 5) is 26.2. The van der Waals surface area contributed by atoms with Crippen molar-refractivity contribution in [2.75, 3.05) is 0 Å². The van der Waals surface area contributed by atoms with Crippen molar-refractivity contribution in [3.05, 3.63) is 65.4 Å². The van der Waals surface area contributed by atoms with Gasteiger partial charge in [-0.15, -0.1) is 0 Å². The van der Waals surface area contributed by atoms with E-state index in [0.717, 1.165) is 40.7 Å². The third-order valence-electron chi connectivity index (χ3n) is 6.42. The van der Waals surface area contributed by atoms with Crippen molar-refractivity contribution < 1.29 is 19.8 Å². The van der Waals surface area contributed by atoms with E-state index in [-0.39, 0.29) is 23.6 Å². The summed E-state index contributed by atoms with van der Waals surface area (Å²) in [6.45, 7) is 1.61. The van der Waals surface area contributed by atoms with E-state index in [2.05, 4.69) is 18.2 Å². The van der Waals surface area contributed by atoms with E-state index in [4.69, 9.17) is 0 Å². The number of hydrogen-bond donors (Lipinski definition) is 2. The van der Waals surface area contributed by atoms with Crippen LogP contribution in [0.25, 0.3) is 16.7 Å². The number of aliphatic hydroxyl groups is 1. The summed E-state index contributed by atoms with van der Waals surface area (Å²) in [6, 6.07) is 15.9. The van der Waals surface area contributed by atoms with Gasteiger partial charge in [0.2, 0.25) is 5.91 Å². The number of carboxylic acids is 1. The summed E-state index contributed by atoms with van der Waals surface area (Å²) in [6.07, 6.45) is 0.859. The lowest BCUT2D eigenvalue weighted by atomic mass is 9.70. The fourth-order valence-corrected chi connectivity index (χ4v) is 5.22. The van der Waals surface area contributed by atoms with E-state index >= 15 is 0 Å². The first-order chi connectivity index (χ1) is 13.5. The average Bonchev–Trinajstić information content (AvgIpc) is 2.99. The first-order valence-corrected chi connectivity index (χ1v) is 9.66. The number of fused-ring (bicyclic) bond motifs is 5. The monoisotopic (exact) mass is 375 g/mol. The summed E-state index contributed by atoms with van der Waals surface area (Å²) in [5.41, 5.74) is 5.01. The van der Waals surface area contributed by atoms with Crippen molar-refractivity contribution in [1.29, 1.82) is 0 Å². The number of carboxylic acid groups (broad SMARTS) is 1. The Bertz CT molecular complexity index is 1020. The van der Waals surface area contributed by atoms with Crippen LogP contribution in [0, 0.1) is 11.8 Å². The van der Waals surface area contributed by atoms with Gasteiger partial charge in [0, 0.05) is 5.92 Å². The van der Waals surface area contributed by atoms with Crippen LogP contribution in [0.4, 0.5) is 0 Å². The molecule has 3 aliphatic rings. The molecule has 1 aliphatic carbocycles. The van der Waals surface area contributed by atoms with Crippen LogP contribution in [-0.2, 0) is 16.0 Å². The van der Waals surface area contributed by atoms with Crippen molar-refractivity contribution in [3.63, 3.8) is 0 Å². The Morgan fingerprint density at radius 2 is 1.89 bits per heavy atom. The minimum absolute atomic E-state index is 0.0399. The van der Waals surface area contributed by atoms with Gasteiger partial charge in [0.25, 0.3) is 0 Å². The first kappa shape index (κ1) is 17.2. The van der Waals surface area contributed by atoms with Gasteiger partial charge in [0.05, 0.1) is 18.1 Å². The average molecular weight is 375 g/mol. The number of carbonyl (C=O) groups is 2. The molecule has 0 spiro atoms. The predicted octanol–water partition coefficient (Wildman–Crippen LogP) is 2.93. The molecular formula is C23H21NO4. The fraction of sp³-hybridized carbons (Fsp3) is 0.304. The Labute approximate surface area is 162 Å². The topological polar surface area (TPSA) is 77.8 Å². The molecule has 1 fully saturated rings. The molecule has 5 nitrogen and oxygen atoms in total. The van der Waals surface area contributed by atoms with E-state index in [1.165, 1.54) is 4.90 Å². The maximum Gasteiger partial charge on any atom is 0.352 e. The van der Waals surface area contributed by atoms with Gasteiger partial charge >= 0.3 is 5.97 Å². The number of nitrogens with zero attached hydrogens (tertiary/aromatic N) is 1. The maximum absolute atomic E-state index is 12.6. The number of aliphatic hydroxyl groups excluding tert-OH is 1. The Kier molecular flexibility index (Phi) is 3.71. The molecule has 1 amide bonds. The van der Waals surface area contributed by atoms with Crippen LogP contribution in [0.2, 0.25) is 0 Å². The van der Waals surface area contributed by atoms with E-state index in [0.29, 0.717) is 0 Å². The van der Waals surface area contributed by atoms with Gasteiger partial charge in [-0.2, -0.15) is 0 Å². The van der Waals surface area contributed by atoms with Crippen molar-refractivity contribution in [2.24, 2.45) is 11.8 Å². The second kappa shape index (κ2) is 6.04. The number of aliphatic carboxylic acids is 1. The van der Waals surface area contributed by atoms with Gasteiger partial charge in [-0.25, -0.2) is 4.79 Å². The molecule has 4 atom stereocenters. The summed E-state index contributed by atoms with van der Waals surface area (Å²) in [7, 11) is 0. The molecule has 0 saturated carbocycles. The van der Waals surface area contributed by atoms with Gasteiger partial charge in [0.15, 0.2) is 0 Å². The second-order valence-electron chi connectivity index (χ2n) is 7.92. The van der Waals surface area contributed by atoms with E-state index in [1.54, 1.807) is 6.92 Å². The lowest BCUT2D eigenvalue weighted by Gasteiger charge is -2.47. The van der Waals surface area contributed by atoms with Crippen LogP contribution < -0.4 is 0 Å². The zero-order valence-electron chi connectivity index (χ0n) is 15.5. The third-order valence-corrected chi connectivity index (χ3v) is 6.42. The van der Waals surface area contributed by atoms with Crippen molar-refractivity contribution >= 4 is 17.4 Å². The number of β-lactam (4-membered cyclic amide) rings is 1. The number of aryl methyl sites for hydroxylation is 1. The van der Waals surface area contributed by atoms with Crippen LogP contribution in [0.5, 0.6) is 0 Å². The van der Waals surface area contributed by atoms with Crippen molar-refractivity contribution in [1.82, 2.24) is 4.90 Å². The SMILES string of the molecule is C[C@@H](O)[C@H]1C(=O)N2C(C(=O)O)=C3c4cc(-c5ccccc5)ccc4CC[C@@H]3[C@H]12. The highest BCUT2D eigenvalue weighted by Gasteiger charge is 2.61. The molecule has 0 bridgehead atoms. The van der Waals surface area contributed by atoms with Crippen molar-refractivity contribution in [2.45, 2.75) is 31.9 Å². The summed E-state index contributed by atoms with van der Waals surface area (Å²) in [5.74, 6) is -1.91. The number of rotatable bonds is 3. The molecule has 0 radical (unpaired) electrons. The highest BCUT2D eigenvalue weighted by molar-refractivity contribution is 6.07. The van der Waals surface area contributed by atoms with Gasteiger partial charge in [-0.05, 0) is 53.7 Å². The van der Waals surface area contributed by atoms with Gasteiger partial charge < -0.3 is 15.1 Å². The molecular weight excluding hydrogens is 354 g/mol. The summed E-state index contributed by atoms with van der Waals surface area (Å²) < 4.78 is 0. The Balaban J connectivity index is 1.67. The third kappa shape index (κ3) is 2.23. The molecule has 0 unspecified atom stereocenters.